The Morgan fingerprint density at radius 1 is 1.29 bits per heavy atom. The van der Waals surface area contributed by atoms with Crippen LogP contribution in [0.1, 0.15) is 38.1 Å². The first-order valence-electron chi connectivity index (χ1n) is 8.92. The van der Waals surface area contributed by atoms with Crippen LogP contribution in [0.5, 0.6) is 0 Å². The fourth-order valence-corrected chi connectivity index (χ4v) is 3.50. The first kappa shape index (κ1) is 21.9. The topological polar surface area (TPSA) is 111 Å². The highest BCUT2D eigenvalue weighted by Crippen LogP contribution is 2.23. The summed E-state index contributed by atoms with van der Waals surface area (Å²) < 4.78 is 6.07. The largest absolute Gasteiger partial charge is 0.465 e. The van der Waals surface area contributed by atoms with Crippen molar-refractivity contribution in [2.75, 3.05) is 7.11 Å². The molecule has 0 saturated carbocycles. The van der Waals surface area contributed by atoms with Crippen LogP contribution in [0.15, 0.2) is 28.2 Å². The van der Waals surface area contributed by atoms with Crippen LogP contribution in [0, 0.1) is 0 Å². The Hall–Kier alpha value is -2.39. The van der Waals surface area contributed by atoms with Crippen LogP contribution in [-0.2, 0) is 16.1 Å². The van der Waals surface area contributed by atoms with Gasteiger partial charge in [-0.3, -0.25) is 14.2 Å². The molecular formula is C19H25N3O5S. The van der Waals surface area contributed by atoms with Crippen molar-refractivity contribution in [1.82, 2.24) is 14.9 Å². The van der Waals surface area contributed by atoms with Crippen molar-refractivity contribution in [1.29, 1.82) is 0 Å². The number of nitrogens with zero attached hydrogens (tertiary/aromatic N) is 2. The van der Waals surface area contributed by atoms with Crippen molar-refractivity contribution < 1.29 is 19.4 Å². The zero-order chi connectivity index (χ0) is 21.0. The minimum Gasteiger partial charge on any atom is -0.465 e. The summed E-state index contributed by atoms with van der Waals surface area (Å²) in [5, 5.41) is 12.7. The van der Waals surface area contributed by atoms with E-state index in [2.05, 4.69) is 10.3 Å². The van der Waals surface area contributed by atoms with Crippen molar-refractivity contribution in [2.45, 2.75) is 56.8 Å². The Balaban J connectivity index is 2.55. The number of carbonyl (C=O) groups excluding carboxylic acids is 2. The van der Waals surface area contributed by atoms with Gasteiger partial charge < -0.3 is 15.2 Å². The minimum absolute atomic E-state index is 0.0117. The third-order valence-corrected chi connectivity index (χ3v) is 4.96. The molecule has 0 saturated heterocycles. The summed E-state index contributed by atoms with van der Waals surface area (Å²) in [6.45, 7) is 7.06. The Morgan fingerprint density at radius 2 is 1.96 bits per heavy atom. The van der Waals surface area contributed by atoms with E-state index in [-0.39, 0.29) is 29.6 Å². The summed E-state index contributed by atoms with van der Waals surface area (Å²) in [6, 6.07) is 4.48. The molecule has 0 aliphatic heterocycles. The lowest BCUT2D eigenvalue weighted by Crippen LogP contribution is -2.36. The lowest BCUT2D eigenvalue weighted by Gasteiger charge is -2.18. The number of aliphatic hydroxyl groups is 1. The first-order valence-corrected chi connectivity index (χ1v) is 9.80. The van der Waals surface area contributed by atoms with Crippen molar-refractivity contribution in [3.05, 3.63) is 34.1 Å². The maximum absolute atomic E-state index is 12.9. The van der Waals surface area contributed by atoms with Gasteiger partial charge >= 0.3 is 5.97 Å². The Bertz CT molecular complexity index is 939. The summed E-state index contributed by atoms with van der Waals surface area (Å²) in [4.78, 5) is 41.5. The molecule has 0 spiro atoms. The summed E-state index contributed by atoms with van der Waals surface area (Å²) in [6.07, 6.45) is -0.773. The predicted octanol–water partition coefficient (Wildman–Crippen LogP) is 1.57. The normalized spacial score (nSPS) is 13.4. The van der Waals surface area contributed by atoms with Crippen molar-refractivity contribution in [3.8, 4) is 0 Å². The number of aliphatic hydroxyl groups excluding tert-OH is 1. The van der Waals surface area contributed by atoms with Gasteiger partial charge in [-0.2, -0.15) is 0 Å². The van der Waals surface area contributed by atoms with E-state index in [1.807, 2.05) is 13.8 Å². The number of methoxy groups -OCH3 is 1. The van der Waals surface area contributed by atoms with Crippen LogP contribution in [0.4, 0.5) is 0 Å². The molecule has 2 rings (SSSR count). The SMILES string of the molecule is COC(=O)c1ccc2c(=O)n(C[C@H](C)O)c(S[C@@H](C)C(=O)NC(C)C)nc2c1. The third-order valence-electron chi connectivity index (χ3n) is 3.87. The number of thioether (sulfide) groups is 1. The van der Waals surface area contributed by atoms with E-state index >= 15 is 0 Å². The number of hydrogen-bond donors (Lipinski definition) is 2. The molecule has 2 aromatic rings. The zero-order valence-electron chi connectivity index (χ0n) is 16.6. The predicted molar refractivity (Wildman–Crippen MR) is 108 cm³/mol. The molecule has 1 amide bonds. The average Bonchev–Trinajstić information content (AvgIpc) is 2.62. The fourth-order valence-electron chi connectivity index (χ4n) is 2.57. The molecule has 1 aromatic carbocycles. The van der Waals surface area contributed by atoms with E-state index in [0.29, 0.717) is 16.1 Å². The molecule has 1 heterocycles. The van der Waals surface area contributed by atoms with Crippen LogP contribution in [0.3, 0.4) is 0 Å². The highest BCUT2D eigenvalue weighted by Gasteiger charge is 2.21. The van der Waals surface area contributed by atoms with E-state index < -0.39 is 17.3 Å². The lowest BCUT2D eigenvalue weighted by molar-refractivity contribution is -0.120. The summed E-state index contributed by atoms with van der Waals surface area (Å²) in [7, 11) is 1.27. The second-order valence-electron chi connectivity index (χ2n) is 6.81. The number of nitrogens with one attached hydrogen (secondary N) is 1. The van der Waals surface area contributed by atoms with Gasteiger partial charge in [-0.1, -0.05) is 11.8 Å². The number of hydrogen-bond acceptors (Lipinski definition) is 7. The van der Waals surface area contributed by atoms with E-state index in [1.165, 1.54) is 29.9 Å². The smallest absolute Gasteiger partial charge is 0.337 e. The number of aromatic nitrogens is 2. The molecule has 0 aliphatic carbocycles. The van der Waals surface area contributed by atoms with Gasteiger partial charge in [0.25, 0.3) is 5.56 Å². The van der Waals surface area contributed by atoms with Crippen molar-refractivity contribution in [3.63, 3.8) is 0 Å². The second-order valence-corrected chi connectivity index (χ2v) is 8.11. The van der Waals surface area contributed by atoms with Crippen LogP contribution in [-0.4, -0.2) is 51.0 Å². The number of esters is 1. The third kappa shape index (κ3) is 5.11. The van der Waals surface area contributed by atoms with Gasteiger partial charge in [-0.15, -0.1) is 0 Å². The maximum atomic E-state index is 12.9. The second kappa shape index (κ2) is 9.20. The average molecular weight is 407 g/mol. The van der Waals surface area contributed by atoms with Gasteiger partial charge in [-0.05, 0) is 45.9 Å². The molecule has 1 aromatic heterocycles. The molecule has 9 heteroatoms. The molecule has 8 nitrogen and oxygen atoms in total. The van der Waals surface area contributed by atoms with Crippen LogP contribution in [0.25, 0.3) is 10.9 Å². The van der Waals surface area contributed by atoms with E-state index in [0.717, 1.165) is 11.8 Å². The molecule has 0 aliphatic rings. The van der Waals surface area contributed by atoms with Crippen LogP contribution >= 0.6 is 11.8 Å². The van der Waals surface area contributed by atoms with E-state index in [9.17, 15) is 19.5 Å². The van der Waals surface area contributed by atoms with E-state index in [4.69, 9.17) is 4.74 Å². The van der Waals surface area contributed by atoms with E-state index in [1.54, 1.807) is 13.8 Å². The number of rotatable bonds is 7. The summed E-state index contributed by atoms with van der Waals surface area (Å²) >= 11 is 1.12. The minimum atomic E-state index is -0.773. The number of ether oxygens (including phenoxy) is 1. The molecule has 0 radical (unpaired) electrons. The quantitative estimate of drug-likeness (QED) is 0.407. The van der Waals surface area contributed by atoms with Gasteiger partial charge in [0.15, 0.2) is 5.16 Å². The number of benzene rings is 1. The van der Waals surface area contributed by atoms with Gasteiger partial charge in [0.1, 0.15) is 0 Å². The van der Waals surface area contributed by atoms with Gasteiger partial charge in [0, 0.05) is 6.04 Å². The summed E-state index contributed by atoms with van der Waals surface area (Å²) in [5.41, 5.74) is 0.256. The van der Waals surface area contributed by atoms with Gasteiger partial charge in [0.2, 0.25) is 5.91 Å². The number of amides is 1. The molecule has 28 heavy (non-hydrogen) atoms. The van der Waals surface area contributed by atoms with Crippen molar-refractivity contribution in [2.24, 2.45) is 0 Å². The molecule has 0 bridgehead atoms. The highest BCUT2D eigenvalue weighted by molar-refractivity contribution is 8.00. The number of fused-ring (bicyclic) bond motifs is 1. The zero-order valence-corrected chi connectivity index (χ0v) is 17.4. The Kier molecular flexibility index (Phi) is 7.20. The molecular weight excluding hydrogens is 382 g/mol. The number of carbonyl (C=O) groups is 2. The van der Waals surface area contributed by atoms with Crippen LogP contribution in [0.2, 0.25) is 0 Å². The fraction of sp³-hybridized carbons (Fsp3) is 0.474. The Morgan fingerprint density at radius 3 is 2.54 bits per heavy atom. The standard InChI is InChI=1S/C19H25N3O5S/c1-10(2)20-16(24)12(4)28-19-21-15-8-13(18(26)27-5)6-7-14(15)17(25)22(19)9-11(3)23/h6-8,10-12,23H,9H2,1-5H3,(H,20,24)/t11-,12-/m0/s1. The van der Waals surface area contributed by atoms with Crippen molar-refractivity contribution >= 4 is 34.5 Å². The molecule has 0 unspecified atom stereocenters. The highest BCUT2D eigenvalue weighted by atomic mass is 32.2. The summed E-state index contributed by atoms with van der Waals surface area (Å²) in [5.74, 6) is -0.711. The molecule has 2 atom stereocenters. The van der Waals surface area contributed by atoms with Gasteiger partial charge in [-0.25, -0.2) is 9.78 Å². The monoisotopic (exact) mass is 407 g/mol. The lowest BCUT2D eigenvalue weighted by atomic mass is 10.1. The molecule has 2 N–H and O–H groups in total. The van der Waals surface area contributed by atoms with Gasteiger partial charge in [0.05, 0.1) is 41.5 Å². The first-order chi connectivity index (χ1) is 13.1. The molecule has 152 valence electrons. The van der Waals surface area contributed by atoms with Crippen LogP contribution < -0.4 is 10.9 Å². The molecule has 0 fully saturated rings. The maximum Gasteiger partial charge on any atom is 0.337 e. The Labute approximate surface area is 167 Å².